The fourth-order valence-electron chi connectivity index (χ4n) is 4.80. The maximum absolute atomic E-state index is 13.7. The minimum atomic E-state index is -1.26. The van der Waals surface area contributed by atoms with Crippen molar-refractivity contribution in [2.24, 2.45) is 5.92 Å². The van der Waals surface area contributed by atoms with Crippen molar-refractivity contribution in [1.29, 1.82) is 0 Å². The lowest BCUT2D eigenvalue weighted by atomic mass is 10.00. The molecule has 0 saturated carbocycles. The normalized spacial score (nSPS) is 23.9. The number of amides is 2. The van der Waals surface area contributed by atoms with Crippen LogP contribution >= 0.6 is 11.8 Å². The first-order chi connectivity index (χ1) is 19.2. The molecule has 1 fully saturated rings. The van der Waals surface area contributed by atoms with Crippen LogP contribution in [0.2, 0.25) is 0 Å². The molecule has 40 heavy (non-hydrogen) atoms. The Kier molecular flexibility index (Phi) is 13.1. The number of aliphatic hydroxyl groups is 2. The van der Waals surface area contributed by atoms with Crippen LogP contribution in [-0.4, -0.2) is 121 Å². The quantitative estimate of drug-likeness (QED) is 0.447. The molecule has 0 unspecified atom stereocenters. The molecule has 1 saturated heterocycles. The van der Waals surface area contributed by atoms with Gasteiger partial charge in [0.05, 0.1) is 12.4 Å². The van der Waals surface area contributed by atoms with E-state index in [2.05, 4.69) is 18.8 Å². The number of ether oxygens (including phenoxy) is 3. The second-order valence-electron chi connectivity index (χ2n) is 10.5. The smallest absolute Gasteiger partial charge is 0.257 e. The van der Waals surface area contributed by atoms with Crippen molar-refractivity contribution >= 4 is 34.7 Å². The van der Waals surface area contributed by atoms with E-state index >= 15 is 0 Å². The predicted molar refractivity (Wildman–Crippen MR) is 151 cm³/mol. The van der Waals surface area contributed by atoms with E-state index in [1.807, 2.05) is 29.2 Å². The molecule has 2 aromatic rings. The lowest BCUT2D eigenvalue weighted by Crippen LogP contribution is -2.54. The van der Waals surface area contributed by atoms with Gasteiger partial charge in [0.2, 0.25) is 11.8 Å². The monoisotopic (exact) mass is 581 g/mol. The van der Waals surface area contributed by atoms with E-state index in [-0.39, 0.29) is 55.8 Å². The van der Waals surface area contributed by atoms with Crippen LogP contribution in [0.15, 0.2) is 33.9 Å². The molecule has 12 heteroatoms. The molecule has 0 radical (unpaired) electrons. The largest absolute Gasteiger partial charge is 0.431 e. The average molecular weight is 582 g/mol. The first-order valence-electron chi connectivity index (χ1n) is 13.7. The molecule has 2 N–H and O–H groups in total. The van der Waals surface area contributed by atoms with Gasteiger partial charge in [0.1, 0.15) is 30.4 Å². The van der Waals surface area contributed by atoms with Crippen LogP contribution in [0.1, 0.15) is 33.1 Å². The molecule has 11 nitrogen and oxygen atoms in total. The number of aromatic nitrogens is 1. The Bertz CT molecular complexity index is 1030. The average Bonchev–Trinajstić information content (AvgIpc) is 3.35. The lowest BCUT2D eigenvalue weighted by Gasteiger charge is -2.38. The van der Waals surface area contributed by atoms with Gasteiger partial charge in [-0.15, -0.1) is 0 Å². The number of rotatable bonds is 8. The van der Waals surface area contributed by atoms with Gasteiger partial charge in [-0.3, -0.25) is 9.59 Å². The van der Waals surface area contributed by atoms with Crippen LogP contribution in [-0.2, 0) is 23.8 Å². The van der Waals surface area contributed by atoms with Crippen LogP contribution in [0.4, 0.5) is 0 Å². The summed E-state index contributed by atoms with van der Waals surface area (Å²) in [4.78, 5) is 34.7. The Labute approximate surface area is 240 Å². The van der Waals surface area contributed by atoms with Gasteiger partial charge in [-0.05, 0) is 37.3 Å². The lowest BCUT2D eigenvalue weighted by molar-refractivity contribution is -0.145. The van der Waals surface area contributed by atoms with Crippen molar-refractivity contribution in [2.45, 2.75) is 62.7 Å². The SMILES string of the molecule is COCC(=O)N1C[C@H](CC(C)C)N(C(=O)CSc2nc3ccccc3o2)CCCCOC[C@@H](O)[C@@H](O)[C@H](OC)C1. The summed E-state index contributed by atoms with van der Waals surface area (Å²) >= 11 is 1.25. The maximum Gasteiger partial charge on any atom is 0.257 e. The van der Waals surface area contributed by atoms with Crippen LogP contribution in [0.25, 0.3) is 11.1 Å². The number of methoxy groups -OCH3 is 2. The number of aliphatic hydroxyl groups excluding tert-OH is 2. The number of carbonyl (C=O) groups is 2. The third kappa shape index (κ3) is 9.42. The summed E-state index contributed by atoms with van der Waals surface area (Å²) in [7, 11) is 2.87. The molecule has 1 aromatic carbocycles. The predicted octanol–water partition coefficient (Wildman–Crippen LogP) is 2.19. The van der Waals surface area contributed by atoms with E-state index in [0.29, 0.717) is 43.2 Å². The van der Waals surface area contributed by atoms with Gasteiger partial charge in [-0.25, -0.2) is 4.98 Å². The number of fused-ring (bicyclic) bond motifs is 1. The zero-order valence-electron chi connectivity index (χ0n) is 23.9. The van der Waals surface area contributed by atoms with E-state index in [1.165, 1.54) is 26.0 Å². The van der Waals surface area contributed by atoms with E-state index in [1.54, 1.807) is 4.90 Å². The first kappa shape index (κ1) is 32.3. The topological polar surface area (TPSA) is 135 Å². The van der Waals surface area contributed by atoms with E-state index < -0.39 is 18.3 Å². The molecule has 3 rings (SSSR count). The van der Waals surface area contributed by atoms with Gasteiger partial charge in [0.15, 0.2) is 5.58 Å². The number of oxazole rings is 1. The molecule has 224 valence electrons. The van der Waals surface area contributed by atoms with Gasteiger partial charge >= 0.3 is 0 Å². The summed E-state index contributed by atoms with van der Waals surface area (Å²) in [5.74, 6) is 0.00726. The Hall–Kier alpha value is -2.22. The van der Waals surface area contributed by atoms with Gasteiger partial charge in [-0.1, -0.05) is 37.7 Å². The van der Waals surface area contributed by atoms with Gasteiger partial charge in [0, 0.05) is 46.5 Å². The molecule has 1 aromatic heterocycles. The van der Waals surface area contributed by atoms with Crippen molar-refractivity contribution in [2.75, 3.05) is 59.4 Å². The van der Waals surface area contributed by atoms with Crippen molar-refractivity contribution in [3.8, 4) is 0 Å². The summed E-state index contributed by atoms with van der Waals surface area (Å²) in [6.07, 6.45) is -1.28. The molecule has 0 bridgehead atoms. The zero-order valence-corrected chi connectivity index (χ0v) is 24.7. The maximum atomic E-state index is 13.7. The standard InChI is InChI=1S/C28H43N3O8S/c1-19(2)13-20-14-30(25(33)17-36-3)15-24(37-4)27(35)22(32)16-38-12-8-7-11-31(20)26(34)18-40-28-29-21-9-5-6-10-23(21)39-28/h5-6,9-10,19-20,22,24,27,32,35H,7-8,11-18H2,1-4H3/t20-,22+,24+,27+/m0/s1. The highest BCUT2D eigenvalue weighted by Crippen LogP contribution is 2.25. The van der Waals surface area contributed by atoms with E-state index in [4.69, 9.17) is 18.6 Å². The minimum Gasteiger partial charge on any atom is -0.431 e. The molecule has 0 spiro atoms. The number of benzene rings is 1. The van der Waals surface area contributed by atoms with Crippen molar-refractivity contribution in [3.63, 3.8) is 0 Å². The van der Waals surface area contributed by atoms with Crippen LogP contribution in [0.3, 0.4) is 0 Å². The Balaban J connectivity index is 1.86. The molecule has 4 atom stereocenters. The highest BCUT2D eigenvalue weighted by atomic mass is 32.2. The number of carbonyl (C=O) groups excluding carboxylic acids is 2. The summed E-state index contributed by atoms with van der Waals surface area (Å²) in [6, 6.07) is 7.17. The number of thioether (sulfide) groups is 1. The summed E-state index contributed by atoms with van der Waals surface area (Å²) in [6.45, 7) is 5.06. The summed E-state index contributed by atoms with van der Waals surface area (Å²) in [5.41, 5.74) is 1.40. The van der Waals surface area contributed by atoms with Gasteiger partial charge in [0.25, 0.3) is 5.22 Å². The van der Waals surface area contributed by atoms with Gasteiger partial charge < -0.3 is 38.6 Å². The molecular weight excluding hydrogens is 538 g/mol. The number of nitrogens with zero attached hydrogens (tertiary/aromatic N) is 3. The van der Waals surface area contributed by atoms with Crippen molar-refractivity contribution < 1.29 is 38.4 Å². The number of hydrogen-bond acceptors (Lipinski definition) is 10. The summed E-state index contributed by atoms with van der Waals surface area (Å²) in [5, 5.41) is 21.6. The fraction of sp³-hybridized carbons (Fsp3) is 0.679. The molecule has 2 amide bonds. The third-order valence-electron chi connectivity index (χ3n) is 6.85. The highest BCUT2D eigenvalue weighted by molar-refractivity contribution is 7.99. The zero-order chi connectivity index (χ0) is 29.1. The molecule has 1 aliphatic rings. The molecule has 1 aliphatic heterocycles. The second kappa shape index (κ2) is 16.3. The second-order valence-corrected chi connectivity index (χ2v) is 11.4. The minimum absolute atomic E-state index is 0.0190. The molecule has 2 heterocycles. The summed E-state index contributed by atoms with van der Waals surface area (Å²) < 4.78 is 22.0. The van der Waals surface area contributed by atoms with Crippen LogP contribution in [0, 0.1) is 5.92 Å². The fourth-order valence-corrected chi connectivity index (χ4v) is 5.52. The van der Waals surface area contributed by atoms with Crippen molar-refractivity contribution in [1.82, 2.24) is 14.8 Å². The van der Waals surface area contributed by atoms with E-state index in [9.17, 15) is 19.8 Å². The van der Waals surface area contributed by atoms with Crippen molar-refractivity contribution in [3.05, 3.63) is 24.3 Å². The number of para-hydroxylation sites is 2. The molecule has 0 aliphatic carbocycles. The highest BCUT2D eigenvalue weighted by Gasteiger charge is 2.33. The van der Waals surface area contributed by atoms with Crippen LogP contribution in [0.5, 0.6) is 0 Å². The third-order valence-corrected chi connectivity index (χ3v) is 7.67. The Morgan fingerprint density at radius 1 is 1.15 bits per heavy atom. The van der Waals surface area contributed by atoms with Gasteiger partial charge in [-0.2, -0.15) is 0 Å². The molecular formula is C28H43N3O8S. The van der Waals surface area contributed by atoms with Crippen LogP contribution < -0.4 is 0 Å². The first-order valence-corrected chi connectivity index (χ1v) is 14.7. The Morgan fingerprint density at radius 2 is 1.93 bits per heavy atom. The number of hydrogen-bond donors (Lipinski definition) is 2. The van der Waals surface area contributed by atoms with E-state index in [0.717, 1.165) is 5.52 Å². The Morgan fingerprint density at radius 3 is 2.62 bits per heavy atom.